The normalized spacial score (nSPS) is 21.5. The Morgan fingerprint density at radius 1 is 1.36 bits per heavy atom. The summed E-state index contributed by atoms with van der Waals surface area (Å²) >= 11 is 1.19. The van der Waals surface area contributed by atoms with Crippen LogP contribution in [0.4, 0.5) is 0 Å². The molecule has 25 heavy (non-hydrogen) atoms. The molecule has 0 amide bonds. The molecular formula is C18H30N3O3S+. The Labute approximate surface area is 154 Å². The molecule has 2 rings (SSSR count). The van der Waals surface area contributed by atoms with Crippen molar-refractivity contribution in [2.75, 3.05) is 26.7 Å². The largest absolute Gasteiger partial charge is 0.475 e. The van der Waals surface area contributed by atoms with Crippen molar-refractivity contribution in [3.63, 3.8) is 0 Å². The van der Waals surface area contributed by atoms with Gasteiger partial charge in [-0.2, -0.15) is 4.37 Å². The van der Waals surface area contributed by atoms with E-state index in [1.165, 1.54) is 37.9 Å². The molecule has 2 heterocycles. The fourth-order valence-corrected chi connectivity index (χ4v) is 3.62. The Kier molecular flexibility index (Phi) is 7.38. The summed E-state index contributed by atoms with van der Waals surface area (Å²) in [5.74, 6) is 0.399. The van der Waals surface area contributed by atoms with Gasteiger partial charge < -0.3 is 9.47 Å². The van der Waals surface area contributed by atoms with Crippen LogP contribution in [0.5, 0.6) is 5.88 Å². The first kappa shape index (κ1) is 19.8. The van der Waals surface area contributed by atoms with Crippen molar-refractivity contribution in [1.29, 1.82) is 0 Å². The van der Waals surface area contributed by atoms with Gasteiger partial charge in [0, 0.05) is 25.8 Å². The number of nitrogens with zero attached hydrogens (tertiary/aromatic N) is 3. The molecule has 1 aromatic heterocycles. The van der Waals surface area contributed by atoms with Crippen molar-refractivity contribution in [2.45, 2.75) is 59.1 Å². The van der Waals surface area contributed by atoms with Crippen LogP contribution in [0, 0.1) is 0 Å². The van der Waals surface area contributed by atoms with Gasteiger partial charge in [0.1, 0.15) is 12.2 Å². The summed E-state index contributed by atoms with van der Waals surface area (Å²) < 4.78 is 20.7. The molecule has 0 spiro atoms. The van der Waals surface area contributed by atoms with E-state index in [0.29, 0.717) is 17.0 Å². The average Bonchev–Trinajstić information content (AvgIpc) is 3.02. The second kappa shape index (κ2) is 9.29. The first-order valence-corrected chi connectivity index (χ1v) is 9.85. The molecule has 0 radical (unpaired) electrons. The topological polar surface area (TPSA) is 61.3 Å². The van der Waals surface area contributed by atoms with Crippen LogP contribution in [-0.4, -0.2) is 52.2 Å². The van der Waals surface area contributed by atoms with Gasteiger partial charge >= 0.3 is 5.97 Å². The number of likely N-dealkylation sites (N-methyl/N-ethyl adjacent to an activating group) is 1. The lowest BCUT2D eigenvalue weighted by molar-refractivity contribution is -0.944. The number of carbonyl (C=O) groups excluding carboxylic acids is 1. The van der Waals surface area contributed by atoms with Crippen LogP contribution in [0.25, 0.3) is 5.57 Å². The van der Waals surface area contributed by atoms with Crippen LogP contribution in [0.3, 0.4) is 0 Å². The summed E-state index contributed by atoms with van der Waals surface area (Å²) in [4.78, 5) is 11.3. The number of quaternary nitrogens is 1. The molecule has 0 saturated carbocycles. The lowest BCUT2D eigenvalue weighted by atomic mass is 10.0. The molecule has 1 unspecified atom stereocenters. The molecule has 1 aliphatic heterocycles. The molecule has 0 fully saturated rings. The predicted octanol–water partition coefficient (Wildman–Crippen LogP) is 3.64. The van der Waals surface area contributed by atoms with Gasteiger partial charge in [0.25, 0.3) is 5.88 Å². The molecule has 0 aliphatic carbocycles. The van der Waals surface area contributed by atoms with Gasteiger partial charge in [-0.05, 0) is 6.42 Å². The highest BCUT2D eigenvalue weighted by Gasteiger charge is 2.36. The number of esters is 1. The Hall–Kier alpha value is -1.47. The molecule has 2 atom stereocenters. The van der Waals surface area contributed by atoms with Gasteiger partial charge in [-0.1, -0.05) is 32.3 Å². The van der Waals surface area contributed by atoms with Gasteiger partial charge in [0.05, 0.1) is 31.9 Å². The lowest BCUT2D eigenvalue weighted by Gasteiger charge is -2.41. The zero-order valence-electron chi connectivity index (χ0n) is 15.8. The van der Waals surface area contributed by atoms with Gasteiger partial charge in [0.15, 0.2) is 0 Å². The van der Waals surface area contributed by atoms with Crippen LogP contribution in [0.2, 0.25) is 0 Å². The molecule has 1 aromatic rings. The molecular weight excluding hydrogens is 338 g/mol. The van der Waals surface area contributed by atoms with Gasteiger partial charge in [-0.3, -0.25) is 9.28 Å². The van der Waals surface area contributed by atoms with Crippen LogP contribution >= 0.6 is 11.7 Å². The fourth-order valence-electron chi connectivity index (χ4n) is 3.08. The minimum absolute atomic E-state index is 0.189. The summed E-state index contributed by atoms with van der Waals surface area (Å²) in [6, 6.07) is 0. The summed E-state index contributed by atoms with van der Waals surface area (Å²) in [5.41, 5.74) is 1.98. The smallest absolute Gasteiger partial charge is 0.307 e. The van der Waals surface area contributed by atoms with Crippen molar-refractivity contribution in [3.8, 4) is 5.88 Å². The van der Waals surface area contributed by atoms with E-state index in [1.807, 2.05) is 6.92 Å². The van der Waals surface area contributed by atoms with Crippen molar-refractivity contribution in [2.24, 2.45) is 0 Å². The lowest BCUT2D eigenvalue weighted by Crippen LogP contribution is -2.55. The summed E-state index contributed by atoms with van der Waals surface area (Å²) in [6.45, 7) is 7.98. The standard InChI is InChI=1S/C18H30N3O3S/c1-5-6-7-8-12-23-18-17(19-25-20-18)16-10-9-11-21(4,13-16)14(2)24-15(3)22/h10,14H,5-9,11-13H2,1-4H3/q+1/t14-,21?/m1/s1. The quantitative estimate of drug-likeness (QED) is 0.378. The Morgan fingerprint density at radius 2 is 2.16 bits per heavy atom. The van der Waals surface area contributed by atoms with Crippen molar-refractivity contribution in [1.82, 2.24) is 8.75 Å². The number of rotatable bonds is 9. The van der Waals surface area contributed by atoms with Gasteiger partial charge in [-0.25, -0.2) is 0 Å². The highest BCUT2D eigenvalue weighted by Crippen LogP contribution is 2.31. The number of hydrogen-bond acceptors (Lipinski definition) is 6. The number of unbranched alkanes of at least 4 members (excludes halogenated alkanes) is 3. The van der Waals surface area contributed by atoms with Crippen LogP contribution < -0.4 is 4.74 Å². The highest BCUT2D eigenvalue weighted by atomic mass is 32.1. The van der Waals surface area contributed by atoms with Crippen molar-refractivity contribution in [3.05, 3.63) is 11.8 Å². The van der Waals surface area contributed by atoms with E-state index in [-0.39, 0.29) is 12.2 Å². The van der Waals surface area contributed by atoms with Crippen LogP contribution in [0.1, 0.15) is 58.6 Å². The van der Waals surface area contributed by atoms with Gasteiger partial charge in [-0.15, -0.1) is 4.37 Å². The van der Waals surface area contributed by atoms with E-state index in [2.05, 4.69) is 28.8 Å². The minimum atomic E-state index is -0.241. The second-order valence-corrected chi connectivity index (χ2v) is 7.44. The summed E-state index contributed by atoms with van der Waals surface area (Å²) in [5, 5.41) is 0. The van der Waals surface area contributed by atoms with Gasteiger partial charge in [0.2, 0.25) is 6.23 Å². The molecule has 6 nitrogen and oxygen atoms in total. The predicted molar refractivity (Wildman–Crippen MR) is 99.3 cm³/mol. The maximum atomic E-state index is 11.3. The zero-order chi connectivity index (χ0) is 18.3. The summed E-state index contributed by atoms with van der Waals surface area (Å²) in [7, 11) is 2.12. The molecule has 0 N–H and O–H groups in total. The van der Waals surface area contributed by atoms with Crippen LogP contribution in [0.15, 0.2) is 6.08 Å². The minimum Gasteiger partial charge on any atom is -0.475 e. The molecule has 0 bridgehead atoms. The second-order valence-electron chi connectivity index (χ2n) is 6.92. The van der Waals surface area contributed by atoms with Crippen molar-refractivity contribution < 1.29 is 18.8 Å². The monoisotopic (exact) mass is 368 g/mol. The molecule has 1 aliphatic rings. The molecule has 0 aromatic carbocycles. The number of hydrogen-bond donors (Lipinski definition) is 0. The van der Waals surface area contributed by atoms with E-state index >= 15 is 0 Å². The average molecular weight is 369 g/mol. The first-order chi connectivity index (χ1) is 12.0. The first-order valence-electron chi connectivity index (χ1n) is 9.12. The maximum Gasteiger partial charge on any atom is 0.307 e. The SMILES string of the molecule is CCCCCCOc1nsnc1C1=CCC[N+](C)([C@@H](C)OC(C)=O)C1. The van der Waals surface area contributed by atoms with E-state index in [4.69, 9.17) is 9.47 Å². The maximum absolute atomic E-state index is 11.3. The third-order valence-corrected chi connectivity index (χ3v) is 5.29. The zero-order valence-corrected chi connectivity index (χ0v) is 16.6. The third kappa shape index (κ3) is 5.51. The molecule has 0 saturated heterocycles. The van der Waals surface area contributed by atoms with E-state index in [9.17, 15) is 4.79 Å². The molecule has 140 valence electrons. The van der Waals surface area contributed by atoms with Crippen LogP contribution in [-0.2, 0) is 9.53 Å². The van der Waals surface area contributed by atoms with Crippen molar-refractivity contribution >= 4 is 23.3 Å². The number of ether oxygens (including phenoxy) is 2. The van der Waals surface area contributed by atoms with E-state index in [0.717, 1.165) is 37.2 Å². The molecule has 7 heteroatoms. The van der Waals surface area contributed by atoms with E-state index in [1.54, 1.807) is 0 Å². The fraction of sp³-hybridized carbons (Fsp3) is 0.722. The third-order valence-electron chi connectivity index (χ3n) is 4.78. The highest BCUT2D eigenvalue weighted by molar-refractivity contribution is 6.99. The number of carbonyl (C=O) groups is 1. The number of aromatic nitrogens is 2. The summed E-state index contributed by atoms with van der Waals surface area (Å²) in [6.07, 6.45) is 7.62. The Morgan fingerprint density at radius 3 is 2.88 bits per heavy atom. The Bertz CT molecular complexity index is 602. The van der Waals surface area contributed by atoms with E-state index < -0.39 is 0 Å². The Balaban J connectivity index is 2.00.